The fourth-order valence-corrected chi connectivity index (χ4v) is 4.14. The van der Waals surface area contributed by atoms with Gasteiger partial charge in [0.05, 0.1) is 17.1 Å². The van der Waals surface area contributed by atoms with Crippen LogP contribution in [0.25, 0.3) is 0 Å². The van der Waals surface area contributed by atoms with E-state index >= 15 is 0 Å². The first-order chi connectivity index (χ1) is 17.2. The summed E-state index contributed by atoms with van der Waals surface area (Å²) in [5.41, 5.74) is 5.29. The Balaban J connectivity index is 1.54. The van der Waals surface area contributed by atoms with Crippen LogP contribution < -0.4 is 9.80 Å². The van der Waals surface area contributed by atoms with Gasteiger partial charge in [-0.15, -0.1) is 5.10 Å². The zero-order valence-corrected chi connectivity index (χ0v) is 19.1. The molecule has 170 valence electrons. The molecule has 2 amide bonds. The summed E-state index contributed by atoms with van der Waals surface area (Å²) < 4.78 is 0. The molecule has 0 saturated carbocycles. The minimum absolute atomic E-state index is 0.235. The van der Waals surface area contributed by atoms with Gasteiger partial charge < -0.3 is 0 Å². The van der Waals surface area contributed by atoms with E-state index in [1.54, 1.807) is 9.80 Å². The molecule has 1 aliphatic rings. The Morgan fingerprint density at radius 3 is 2.17 bits per heavy atom. The summed E-state index contributed by atoms with van der Waals surface area (Å²) in [6.45, 7) is 1.82. The zero-order valence-electron chi connectivity index (χ0n) is 19.1. The van der Waals surface area contributed by atoms with Crippen LogP contribution in [-0.4, -0.2) is 23.7 Å². The number of amides is 2. The number of hydrogen-bond donors (Lipinski definition) is 0. The summed E-state index contributed by atoms with van der Waals surface area (Å²) in [5, 5.41) is 8.84. The molecule has 0 bridgehead atoms. The average molecular weight is 459 g/mol. The zero-order chi connectivity index (χ0) is 24.2. The summed E-state index contributed by atoms with van der Waals surface area (Å²) in [6.07, 6.45) is 0.780. The van der Waals surface area contributed by atoms with Crippen molar-refractivity contribution in [3.8, 4) is 0 Å². The molecule has 0 aliphatic carbocycles. The molecule has 1 aliphatic heterocycles. The molecule has 0 radical (unpaired) electrons. The highest BCUT2D eigenvalue weighted by Crippen LogP contribution is 2.35. The quantitative estimate of drug-likeness (QED) is 0.206. The van der Waals surface area contributed by atoms with E-state index in [1.165, 1.54) is 0 Å². The van der Waals surface area contributed by atoms with Gasteiger partial charge in [0.1, 0.15) is 0 Å². The Morgan fingerprint density at radius 2 is 1.43 bits per heavy atom. The number of benzene rings is 4. The first-order valence-corrected chi connectivity index (χ1v) is 11.2. The maximum absolute atomic E-state index is 13.4. The second-order valence-corrected chi connectivity index (χ2v) is 7.96. The predicted molar refractivity (Wildman–Crippen MR) is 140 cm³/mol. The van der Waals surface area contributed by atoms with E-state index in [-0.39, 0.29) is 11.6 Å². The van der Waals surface area contributed by atoms with Crippen LogP contribution in [0.15, 0.2) is 119 Å². The van der Waals surface area contributed by atoms with Crippen molar-refractivity contribution < 1.29 is 9.59 Å². The molecule has 0 N–H and O–H groups in total. The third-order valence-electron chi connectivity index (χ3n) is 5.81. The minimum atomic E-state index is -0.235. The average Bonchev–Trinajstić information content (AvgIpc) is 3.20. The van der Waals surface area contributed by atoms with Gasteiger partial charge >= 0.3 is 0 Å². The van der Waals surface area contributed by atoms with Crippen molar-refractivity contribution in [3.63, 3.8) is 0 Å². The van der Waals surface area contributed by atoms with Crippen LogP contribution in [0, 0.1) is 0 Å². The van der Waals surface area contributed by atoms with Gasteiger partial charge in [0.15, 0.2) is 5.71 Å². The number of rotatable bonds is 6. The Kier molecular flexibility index (Phi) is 6.01. The number of carbonyl (C=O) groups excluding carboxylic acids is 2. The highest BCUT2D eigenvalue weighted by molar-refractivity contribution is 6.55. The van der Waals surface area contributed by atoms with Crippen LogP contribution in [-0.2, 0) is 9.59 Å². The molecule has 0 fully saturated rings. The molecular weight excluding hydrogens is 436 g/mol. The number of hydrogen-bond acceptors (Lipinski definition) is 4. The molecule has 0 atom stereocenters. The molecule has 4 aromatic carbocycles. The van der Waals surface area contributed by atoms with Gasteiger partial charge in [0, 0.05) is 22.5 Å². The molecule has 0 saturated heterocycles. The van der Waals surface area contributed by atoms with E-state index in [2.05, 4.69) is 10.2 Å². The smallest absolute Gasteiger partial charge is 0.283 e. The van der Waals surface area contributed by atoms with E-state index in [9.17, 15) is 9.59 Å². The summed E-state index contributed by atoms with van der Waals surface area (Å²) in [6, 6.07) is 33.9. The van der Waals surface area contributed by atoms with Crippen LogP contribution in [0.1, 0.15) is 18.1 Å². The number of anilines is 4. The topological polar surface area (TPSA) is 65.3 Å². The third kappa shape index (κ3) is 4.13. The molecule has 35 heavy (non-hydrogen) atoms. The van der Waals surface area contributed by atoms with E-state index in [0.717, 1.165) is 34.6 Å². The van der Waals surface area contributed by atoms with E-state index < -0.39 is 0 Å². The Morgan fingerprint density at radius 1 is 0.800 bits per heavy atom. The SMILES string of the molecule is C/C(=N\N=C1/C(=O)N(c2ccccc2)c2ccccc21)c1ccccc1N(C=O)c1ccccc1. The van der Waals surface area contributed by atoms with E-state index in [4.69, 9.17) is 0 Å². The summed E-state index contributed by atoms with van der Waals surface area (Å²) in [7, 11) is 0. The predicted octanol–water partition coefficient (Wildman–Crippen LogP) is 5.87. The molecule has 6 heteroatoms. The normalized spacial score (nSPS) is 14.2. The second kappa shape index (κ2) is 9.57. The monoisotopic (exact) mass is 458 g/mol. The number of fused-ring (bicyclic) bond motifs is 1. The van der Waals surface area contributed by atoms with Crippen molar-refractivity contribution in [1.82, 2.24) is 0 Å². The molecule has 5 rings (SSSR count). The fraction of sp³-hybridized carbons (Fsp3) is 0.0345. The van der Waals surface area contributed by atoms with Crippen molar-refractivity contribution in [2.24, 2.45) is 10.2 Å². The standard InChI is InChI=1S/C29H22N4O2/c1-21(24-16-8-10-18-26(24)32(20-34)22-12-4-2-5-13-22)30-31-28-25-17-9-11-19-27(25)33(29(28)35)23-14-6-3-7-15-23/h2-20H,1H3/b30-21+,31-28-. The number of para-hydroxylation sites is 4. The van der Waals surface area contributed by atoms with Crippen LogP contribution >= 0.6 is 0 Å². The van der Waals surface area contributed by atoms with Crippen molar-refractivity contribution in [2.75, 3.05) is 9.80 Å². The highest BCUT2D eigenvalue weighted by Gasteiger charge is 2.35. The fourth-order valence-electron chi connectivity index (χ4n) is 4.14. The largest absolute Gasteiger partial charge is 0.284 e. The van der Waals surface area contributed by atoms with Gasteiger partial charge in [-0.25, -0.2) is 0 Å². The Hall–Kier alpha value is -4.84. The molecule has 0 spiro atoms. The third-order valence-corrected chi connectivity index (χ3v) is 5.81. The summed E-state index contributed by atoms with van der Waals surface area (Å²) in [4.78, 5) is 28.6. The second-order valence-electron chi connectivity index (χ2n) is 7.96. The molecule has 1 heterocycles. The maximum Gasteiger partial charge on any atom is 0.284 e. The van der Waals surface area contributed by atoms with Gasteiger partial charge in [0.2, 0.25) is 6.41 Å². The van der Waals surface area contributed by atoms with Crippen LogP contribution in [0.2, 0.25) is 0 Å². The lowest BCUT2D eigenvalue weighted by atomic mass is 10.1. The molecule has 6 nitrogen and oxygen atoms in total. The van der Waals surface area contributed by atoms with Crippen LogP contribution in [0.3, 0.4) is 0 Å². The first-order valence-electron chi connectivity index (χ1n) is 11.2. The van der Waals surface area contributed by atoms with Crippen LogP contribution in [0.5, 0.6) is 0 Å². The number of nitrogens with zero attached hydrogens (tertiary/aromatic N) is 4. The molecule has 4 aromatic rings. The first kappa shape index (κ1) is 22.0. The lowest BCUT2D eigenvalue weighted by Gasteiger charge is -2.20. The molecular formula is C29H22N4O2. The van der Waals surface area contributed by atoms with E-state index in [1.807, 2.05) is 116 Å². The summed E-state index contributed by atoms with van der Waals surface area (Å²) >= 11 is 0. The van der Waals surface area contributed by atoms with Crippen molar-refractivity contribution in [2.45, 2.75) is 6.92 Å². The maximum atomic E-state index is 13.4. The molecule has 0 aromatic heterocycles. The lowest BCUT2D eigenvalue weighted by Crippen LogP contribution is -2.25. The lowest BCUT2D eigenvalue weighted by molar-refractivity contribution is -0.111. The van der Waals surface area contributed by atoms with Gasteiger partial charge in [-0.1, -0.05) is 72.8 Å². The van der Waals surface area contributed by atoms with Gasteiger partial charge in [-0.05, 0) is 43.3 Å². The number of carbonyl (C=O) groups is 2. The Bertz CT molecular complexity index is 1450. The molecule has 0 unspecified atom stereocenters. The van der Waals surface area contributed by atoms with E-state index in [0.29, 0.717) is 11.4 Å². The van der Waals surface area contributed by atoms with Gasteiger partial charge in [-0.2, -0.15) is 5.10 Å². The van der Waals surface area contributed by atoms with Gasteiger partial charge in [0.25, 0.3) is 5.91 Å². The van der Waals surface area contributed by atoms with Crippen molar-refractivity contribution in [1.29, 1.82) is 0 Å². The van der Waals surface area contributed by atoms with Crippen molar-refractivity contribution in [3.05, 3.63) is 120 Å². The minimum Gasteiger partial charge on any atom is -0.283 e. The Labute approximate surface area is 203 Å². The van der Waals surface area contributed by atoms with Gasteiger partial charge in [-0.3, -0.25) is 19.4 Å². The highest BCUT2D eigenvalue weighted by atomic mass is 16.2. The van der Waals surface area contributed by atoms with Crippen molar-refractivity contribution >= 4 is 46.5 Å². The summed E-state index contributed by atoms with van der Waals surface area (Å²) in [5.74, 6) is -0.235. The van der Waals surface area contributed by atoms with Crippen LogP contribution in [0.4, 0.5) is 22.7 Å².